The zero-order valence-corrected chi connectivity index (χ0v) is 7.61. The standard InChI is InChI=1S/C8H8N2O2S/c11-8(12)7-9-4-6(5-10-7)2-1-3-13/h1-2,4-5,13H,3H2,(H,11,12). The molecular formula is C8H8N2O2S. The molecule has 13 heavy (non-hydrogen) atoms. The summed E-state index contributed by atoms with van der Waals surface area (Å²) in [6.07, 6.45) is 6.51. The normalized spacial score (nSPS) is 10.5. The predicted molar refractivity (Wildman–Crippen MR) is 51.9 cm³/mol. The van der Waals surface area contributed by atoms with E-state index in [9.17, 15) is 4.79 Å². The summed E-state index contributed by atoms with van der Waals surface area (Å²) in [5, 5.41) is 8.50. The number of aromatic nitrogens is 2. The molecule has 1 heterocycles. The van der Waals surface area contributed by atoms with E-state index in [1.807, 2.05) is 6.08 Å². The van der Waals surface area contributed by atoms with Crippen molar-refractivity contribution in [2.45, 2.75) is 0 Å². The van der Waals surface area contributed by atoms with Crippen LogP contribution in [0.25, 0.3) is 6.08 Å². The van der Waals surface area contributed by atoms with Gasteiger partial charge in [-0.1, -0.05) is 12.2 Å². The van der Waals surface area contributed by atoms with E-state index in [2.05, 4.69) is 22.6 Å². The highest BCUT2D eigenvalue weighted by Crippen LogP contribution is 1.99. The van der Waals surface area contributed by atoms with Crippen molar-refractivity contribution in [3.05, 3.63) is 29.9 Å². The van der Waals surface area contributed by atoms with E-state index in [4.69, 9.17) is 5.11 Å². The second-order valence-electron chi connectivity index (χ2n) is 2.23. The topological polar surface area (TPSA) is 63.1 Å². The van der Waals surface area contributed by atoms with E-state index in [0.717, 1.165) is 5.56 Å². The van der Waals surface area contributed by atoms with Gasteiger partial charge in [0.25, 0.3) is 0 Å². The first-order valence-electron chi connectivity index (χ1n) is 3.57. The van der Waals surface area contributed by atoms with Crippen molar-refractivity contribution in [1.29, 1.82) is 0 Å². The number of rotatable bonds is 3. The quantitative estimate of drug-likeness (QED) is 0.711. The van der Waals surface area contributed by atoms with E-state index in [1.165, 1.54) is 12.4 Å². The maximum atomic E-state index is 10.4. The van der Waals surface area contributed by atoms with E-state index in [1.54, 1.807) is 6.08 Å². The Morgan fingerprint density at radius 1 is 1.54 bits per heavy atom. The highest BCUT2D eigenvalue weighted by atomic mass is 32.1. The molecule has 1 rings (SSSR count). The molecule has 1 aromatic heterocycles. The van der Waals surface area contributed by atoms with E-state index >= 15 is 0 Å². The van der Waals surface area contributed by atoms with E-state index in [-0.39, 0.29) is 5.82 Å². The summed E-state index contributed by atoms with van der Waals surface area (Å²) in [6, 6.07) is 0. The van der Waals surface area contributed by atoms with Gasteiger partial charge >= 0.3 is 5.97 Å². The van der Waals surface area contributed by atoms with Crippen molar-refractivity contribution in [2.24, 2.45) is 0 Å². The van der Waals surface area contributed by atoms with Gasteiger partial charge in [0.15, 0.2) is 0 Å². The molecule has 0 amide bonds. The molecule has 0 aromatic carbocycles. The molecule has 0 aliphatic carbocycles. The first-order chi connectivity index (χ1) is 6.24. The molecule has 0 atom stereocenters. The van der Waals surface area contributed by atoms with Gasteiger partial charge < -0.3 is 5.11 Å². The molecule has 0 spiro atoms. The fraction of sp³-hybridized carbons (Fsp3) is 0.125. The monoisotopic (exact) mass is 196 g/mol. The fourth-order valence-electron chi connectivity index (χ4n) is 0.723. The number of aromatic carboxylic acids is 1. The minimum Gasteiger partial charge on any atom is -0.475 e. The third-order valence-corrected chi connectivity index (χ3v) is 1.49. The molecule has 0 fully saturated rings. The Morgan fingerprint density at radius 2 is 2.15 bits per heavy atom. The number of carboxylic acids is 1. The summed E-state index contributed by atoms with van der Waals surface area (Å²) in [7, 11) is 0. The molecule has 1 N–H and O–H groups in total. The Kier molecular flexibility index (Phi) is 3.45. The molecule has 0 saturated carbocycles. The highest BCUT2D eigenvalue weighted by Gasteiger charge is 2.03. The summed E-state index contributed by atoms with van der Waals surface area (Å²) in [5.41, 5.74) is 0.763. The lowest BCUT2D eigenvalue weighted by Gasteiger charge is -1.93. The van der Waals surface area contributed by atoms with Gasteiger partial charge in [-0.05, 0) is 0 Å². The maximum absolute atomic E-state index is 10.4. The average Bonchev–Trinajstić information content (AvgIpc) is 2.15. The van der Waals surface area contributed by atoms with Gasteiger partial charge in [0.2, 0.25) is 5.82 Å². The van der Waals surface area contributed by atoms with Gasteiger partial charge in [-0.25, -0.2) is 14.8 Å². The Balaban J connectivity index is 2.81. The van der Waals surface area contributed by atoms with Gasteiger partial charge in [0.05, 0.1) is 0 Å². The van der Waals surface area contributed by atoms with Crippen molar-refractivity contribution >= 4 is 24.7 Å². The average molecular weight is 196 g/mol. The van der Waals surface area contributed by atoms with Crippen LogP contribution < -0.4 is 0 Å². The Bertz CT molecular complexity index is 321. The molecule has 1 aromatic rings. The zero-order valence-electron chi connectivity index (χ0n) is 6.71. The van der Waals surface area contributed by atoms with Crippen molar-refractivity contribution in [3.63, 3.8) is 0 Å². The Labute approximate surface area is 80.8 Å². The molecule has 0 unspecified atom stereocenters. The lowest BCUT2D eigenvalue weighted by molar-refractivity contribution is 0.0683. The van der Waals surface area contributed by atoms with Crippen LogP contribution in [0.15, 0.2) is 18.5 Å². The van der Waals surface area contributed by atoms with Crippen LogP contribution in [0.3, 0.4) is 0 Å². The summed E-state index contributed by atoms with van der Waals surface area (Å²) in [6.45, 7) is 0. The lowest BCUT2D eigenvalue weighted by Crippen LogP contribution is -2.02. The molecule has 0 aliphatic heterocycles. The van der Waals surface area contributed by atoms with Gasteiger partial charge in [-0.3, -0.25) is 0 Å². The summed E-state index contributed by atoms with van der Waals surface area (Å²) >= 11 is 3.98. The van der Waals surface area contributed by atoms with Crippen LogP contribution in [0.4, 0.5) is 0 Å². The van der Waals surface area contributed by atoms with Crippen LogP contribution >= 0.6 is 12.6 Å². The number of thiol groups is 1. The van der Waals surface area contributed by atoms with Crippen LogP contribution in [-0.2, 0) is 0 Å². The van der Waals surface area contributed by atoms with Crippen molar-refractivity contribution in [2.75, 3.05) is 5.75 Å². The third kappa shape index (κ3) is 2.87. The van der Waals surface area contributed by atoms with Crippen LogP contribution in [0.1, 0.15) is 16.2 Å². The SMILES string of the molecule is O=C(O)c1ncc(C=CCS)cn1. The minimum absolute atomic E-state index is 0.192. The Morgan fingerprint density at radius 3 is 2.62 bits per heavy atom. The highest BCUT2D eigenvalue weighted by molar-refractivity contribution is 7.80. The molecule has 0 aliphatic rings. The van der Waals surface area contributed by atoms with Crippen LogP contribution in [-0.4, -0.2) is 26.8 Å². The van der Waals surface area contributed by atoms with Crippen LogP contribution in [0.5, 0.6) is 0 Å². The number of hydrogen-bond donors (Lipinski definition) is 2. The number of hydrogen-bond acceptors (Lipinski definition) is 4. The first kappa shape index (κ1) is 9.73. The largest absolute Gasteiger partial charge is 0.475 e. The fourth-order valence-corrected chi connectivity index (χ4v) is 0.829. The molecular weight excluding hydrogens is 188 g/mol. The summed E-state index contributed by atoms with van der Waals surface area (Å²) < 4.78 is 0. The van der Waals surface area contributed by atoms with Gasteiger partial charge in [0.1, 0.15) is 0 Å². The summed E-state index contributed by atoms with van der Waals surface area (Å²) in [5.74, 6) is -0.687. The second-order valence-corrected chi connectivity index (χ2v) is 2.60. The smallest absolute Gasteiger partial charge is 0.373 e. The van der Waals surface area contributed by atoms with Gasteiger partial charge in [-0.15, -0.1) is 0 Å². The molecule has 0 radical (unpaired) electrons. The molecule has 4 nitrogen and oxygen atoms in total. The maximum Gasteiger partial charge on any atom is 0.373 e. The van der Waals surface area contributed by atoms with Crippen molar-refractivity contribution < 1.29 is 9.90 Å². The van der Waals surface area contributed by atoms with Crippen molar-refractivity contribution in [3.8, 4) is 0 Å². The second kappa shape index (κ2) is 4.61. The van der Waals surface area contributed by atoms with Crippen LogP contribution in [0.2, 0.25) is 0 Å². The third-order valence-electron chi connectivity index (χ3n) is 1.28. The van der Waals surface area contributed by atoms with Crippen LogP contribution in [0, 0.1) is 0 Å². The number of nitrogens with zero attached hydrogens (tertiary/aromatic N) is 2. The van der Waals surface area contributed by atoms with Gasteiger partial charge in [0, 0.05) is 23.7 Å². The molecule has 0 bridgehead atoms. The van der Waals surface area contributed by atoms with E-state index in [0.29, 0.717) is 5.75 Å². The molecule has 68 valence electrons. The molecule has 5 heteroatoms. The minimum atomic E-state index is -1.12. The first-order valence-corrected chi connectivity index (χ1v) is 4.20. The number of carboxylic acid groups (broad SMARTS) is 1. The Hall–Kier alpha value is -1.36. The molecule has 0 saturated heterocycles. The number of carbonyl (C=O) groups is 1. The van der Waals surface area contributed by atoms with Crippen molar-refractivity contribution in [1.82, 2.24) is 9.97 Å². The zero-order chi connectivity index (χ0) is 9.68. The summed E-state index contributed by atoms with van der Waals surface area (Å²) in [4.78, 5) is 17.7. The van der Waals surface area contributed by atoms with E-state index < -0.39 is 5.97 Å². The lowest BCUT2D eigenvalue weighted by atomic mass is 10.3. The predicted octanol–water partition coefficient (Wildman–Crippen LogP) is 1.12. The van der Waals surface area contributed by atoms with Gasteiger partial charge in [-0.2, -0.15) is 12.6 Å².